The lowest BCUT2D eigenvalue weighted by Gasteiger charge is -2.21. The highest BCUT2D eigenvalue weighted by Gasteiger charge is 2.17. The Hall–Kier alpha value is -0.610. The normalized spacial score (nSPS) is 14.4. The molecule has 0 bridgehead atoms. The summed E-state index contributed by atoms with van der Waals surface area (Å²) in [5, 5.41) is 3.09. The van der Waals surface area contributed by atoms with Gasteiger partial charge in [0.1, 0.15) is 0 Å². The van der Waals surface area contributed by atoms with Crippen LogP contribution in [0.15, 0.2) is 0 Å². The predicted molar refractivity (Wildman–Crippen MR) is 82.1 cm³/mol. The van der Waals surface area contributed by atoms with Crippen molar-refractivity contribution in [2.75, 3.05) is 26.2 Å². The number of rotatable bonds is 11. The van der Waals surface area contributed by atoms with E-state index in [1.165, 1.54) is 0 Å². The molecule has 0 aromatic rings. The number of amides is 1. The van der Waals surface area contributed by atoms with Gasteiger partial charge in [0.15, 0.2) is 0 Å². The summed E-state index contributed by atoms with van der Waals surface area (Å²) in [5.74, 6) is 0.106. The largest absolute Gasteiger partial charge is 0.353 e. The van der Waals surface area contributed by atoms with Crippen molar-refractivity contribution in [2.24, 2.45) is 11.7 Å². The summed E-state index contributed by atoms with van der Waals surface area (Å²) in [6.45, 7) is 12.3. The van der Waals surface area contributed by atoms with Gasteiger partial charge in [-0.2, -0.15) is 0 Å². The minimum atomic E-state index is -0.0183. The Morgan fingerprint density at radius 1 is 1.21 bits per heavy atom. The first-order valence-electron chi connectivity index (χ1n) is 7.81. The number of hydrogen-bond acceptors (Lipinski definition) is 3. The van der Waals surface area contributed by atoms with Gasteiger partial charge in [-0.05, 0) is 45.8 Å². The quantitative estimate of drug-likeness (QED) is 0.604. The molecule has 0 spiro atoms. The van der Waals surface area contributed by atoms with E-state index in [1.54, 1.807) is 0 Å². The average molecular weight is 271 g/mol. The lowest BCUT2D eigenvalue weighted by atomic mass is 10.0. The Labute approximate surface area is 119 Å². The Morgan fingerprint density at radius 3 is 2.32 bits per heavy atom. The first kappa shape index (κ1) is 18.4. The molecule has 0 aromatic carbocycles. The van der Waals surface area contributed by atoms with Crippen molar-refractivity contribution < 1.29 is 4.79 Å². The molecule has 0 rings (SSSR count). The molecule has 0 fully saturated rings. The molecular weight excluding hydrogens is 238 g/mol. The summed E-state index contributed by atoms with van der Waals surface area (Å²) in [6, 6.07) is 0.244. The van der Waals surface area contributed by atoms with E-state index >= 15 is 0 Å². The molecule has 3 N–H and O–H groups in total. The van der Waals surface area contributed by atoms with Crippen LogP contribution in [-0.2, 0) is 4.79 Å². The van der Waals surface area contributed by atoms with Crippen molar-refractivity contribution in [2.45, 2.75) is 59.4 Å². The fourth-order valence-electron chi connectivity index (χ4n) is 2.30. The van der Waals surface area contributed by atoms with Crippen LogP contribution < -0.4 is 11.1 Å². The molecule has 4 heteroatoms. The smallest absolute Gasteiger partial charge is 0.224 e. The lowest BCUT2D eigenvalue weighted by molar-refractivity contribution is -0.125. The first-order valence-corrected chi connectivity index (χ1v) is 7.81. The summed E-state index contributed by atoms with van der Waals surface area (Å²) in [7, 11) is 0. The van der Waals surface area contributed by atoms with E-state index in [-0.39, 0.29) is 17.9 Å². The molecule has 0 aliphatic heterocycles. The minimum Gasteiger partial charge on any atom is -0.353 e. The Morgan fingerprint density at radius 2 is 1.84 bits per heavy atom. The second-order valence-corrected chi connectivity index (χ2v) is 5.30. The van der Waals surface area contributed by atoms with E-state index in [4.69, 9.17) is 5.73 Å². The van der Waals surface area contributed by atoms with Gasteiger partial charge in [-0.1, -0.05) is 27.2 Å². The number of carbonyl (C=O) groups is 1. The maximum atomic E-state index is 12.0. The van der Waals surface area contributed by atoms with Crippen LogP contribution in [0.25, 0.3) is 0 Å². The Balaban J connectivity index is 3.89. The van der Waals surface area contributed by atoms with Crippen molar-refractivity contribution in [3.8, 4) is 0 Å². The Bertz CT molecular complexity index is 229. The highest BCUT2D eigenvalue weighted by Crippen LogP contribution is 2.06. The fraction of sp³-hybridized carbons (Fsp3) is 0.933. The van der Waals surface area contributed by atoms with Crippen LogP contribution in [0.1, 0.15) is 53.4 Å². The average Bonchev–Trinajstić information content (AvgIpc) is 2.40. The van der Waals surface area contributed by atoms with Gasteiger partial charge in [0.2, 0.25) is 5.91 Å². The van der Waals surface area contributed by atoms with Gasteiger partial charge >= 0.3 is 0 Å². The molecule has 114 valence electrons. The third-order valence-corrected chi connectivity index (χ3v) is 3.69. The van der Waals surface area contributed by atoms with Crippen LogP contribution in [0.3, 0.4) is 0 Å². The molecule has 4 nitrogen and oxygen atoms in total. The van der Waals surface area contributed by atoms with Crippen molar-refractivity contribution >= 4 is 5.91 Å². The zero-order valence-corrected chi connectivity index (χ0v) is 13.2. The summed E-state index contributed by atoms with van der Waals surface area (Å²) in [5.41, 5.74) is 5.64. The number of nitrogens with zero attached hydrogens (tertiary/aromatic N) is 1. The third-order valence-electron chi connectivity index (χ3n) is 3.69. The van der Waals surface area contributed by atoms with E-state index < -0.39 is 0 Å². The molecular formula is C15H33N3O. The van der Waals surface area contributed by atoms with Crippen LogP contribution in [-0.4, -0.2) is 43.0 Å². The van der Waals surface area contributed by atoms with Crippen molar-refractivity contribution in [3.05, 3.63) is 0 Å². The zero-order chi connectivity index (χ0) is 14.7. The second kappa shape index (κ2) is 11.2. The molecule has 2 atom stereocenters. The molecule has 0 aromatic heterocycles. The minimum absolute atomic E-state index is 0.0183. The molecule has 2 unspecified atom stereocenters. The van der Waals surface area contributed by atoms with Crippen molar-refractivity contribution in [3.63, 3.8) is 0 Å². The number of hydrogen-bond donors (Lipinski definition) is 2. The Kier molecular flexibility index (Phi) is 10.9. The number of carbonyl (C=O) groups excluding carboxylic acids is 1. The topological polar surface area (TPSA) is 58.4 Å². The maximum absolute atomic E-state index is 12.0. The summed E-state index contributed by atoms with van der Waals surface area (Å²) in [4.78, 5) is 14.4. The molecule has 0 saturated carbocycles. The number of nitrogens with one attached hydrogen (secondary N) is 1. The van der Waals surface area contributed by atoms with E-state index in [1.807, 2.05) is 0 Å². The highest BCUT2D eigenvalue weighted by atomic mass is 16.1. The number of nitrogens with two attached hydrogens (primary N) is 1. The molecule has 0 saturated heterocycles. The van der Waals surface area contributed by atoms with Gasteiger partial charge in [-0.3, -0.25) is 4.79 Å². The highest BCUT2D eigenvalue weighted by molar-refractivity contribution is 5.79. The van der Waals surface area contributed by atoms with Crippen LogP contribution in [0.2, 0.25) is 0 Å². The van der Waals surface area contributed by atoms with E-state index in [0.29, 0.717) is 6.54 Å². The van der Waals surface area contributed by atoms with Crippen LogP contribution >= 0.6 is 0 Å². The van der Waals surface area contributed by atoms with Crippen molar-refractivity contribution in [1.29, 1.82) is 0 Å². The fourth-order valence-corrected chi connectivity index (χ4v) is 2.30. The molecule has 19 heavy (non-hydrogen) atoms. The van der Waals surface area contributed by atoms with Crippen molar-refractivity contribution in [1.82, 2.24) is 10.2 Å². The lowest BCUT2D eigenvalue weighted by Crippen LogP contribution is -2.40. The molecule has 1 amide bonds. The van der Waals surface area contributed by atoms with Crippen LogP contribution in [0.5, 0.6) is 0 Å². The molecule has 0 aliphatic rings. The van der Waals surface area contributed by atoms with E-state index in [0.717, 1.165) is 45.3 Å². The van der Waals surface area contributed by atoms with Gasteiger partial charge in [0.25, 0.3) is 0 Å². The van der Waals surface area contributed by atoms with Crippen LogP contribution in [0.4, 0.5) is 0 Å². The summed E-state index contributed by atoms with van der Waals surface area (Å²) >= 11 is 0. The summed E-state index contributed by atoms with van der Waals surface area (Å²) in [6.07, 6.45) is 4.05. The molecule has 0 heterocycles. The first-order chi connectivity index (χ1) is 9.08. The van der Waals surface area contributed by atoms with Crippen LogP contribution in [0, 0.1) is 5.92 Å². The maximum Gasteiger partial charge on any atom is 0.224 e. The monoisotopic (exact) mass is 271 g/mol. The van der Waals surface area contributed by atoms with E-state index in [9.17, 15) is 4.79 Å². The van der Waals surface area contributed by atoms with Gasteiger partial charge in [0.05, 0.1) is 5.92 Å². The molecule has 0 radical (unpaired) electrons. The summed E-state index contributed by atoms with van der Waals surface area (Å²) < 4.78 is 0. The SMILES string of the molecule is CCCC(CN)C(=O)NC(C)CCCN(CC)CC. The predicted octanol–water partition coefficient (Wildman–Crippen LogP) is 1.99. The zero-order valence-electron chi connectivity index (χ0n) is 13.2. The van der Waals surface area contributed by atoms with Gasteiger partial charge in [-0.25, -0.2) is 0 Å². The second-order valence-electron chi connectivity index (χ2n) is 5.30. The molecule has 0 aliphatic carbocycles. The van der Waals surface area contributed by atoms with Gasteiger partial charge in [-0.15, -0.1) is 0 Å². The standard InChI is InChI=1S/C15H33N3O/c1-5-9-14(12-16)15(19)17-13(4)10-8-11-18(6-2)7-3/h13-14H,5-12,16H2,1-4H3,(H,17,19). The van der Waals surface area contributed by atoms with Gasteiger partial charge < -0.3 is 16.0 Å². The third kappa shape index (κ3) is 8.22. The van der Waals surface area contributed by atoms with E-state index in [2.05, 4.69) is 37.9 Å². The van der Waals surface area contributed by atoms with Gasteiger partial charge in [0, 0.05) is 12.6 Å².